The SMILES string of the molecule is CCS(=O)(=O)N1CCN([C@H]2C[C@](CC#N)(n3cc(-c4ncnc5[nH]ccc45)cn3)C2)CC1. The van der Waals surface area contributed by atoms with Gasteiger partial charge in [0.1, 0.15) is 12.0 Å². The lowest BCUT2D eigenvalue weighted by Gasteiger charge is -2.52. The van der Waals surface area contributed by atoms with Gasteiger partial charge < -0.3 is 4.98 Å². The van der Waals surface area contributed by atoms with Crippen LogP contribution in [0.15, 0.2) is 31.0 Å². The van der Waals surface area contributed by atoms with E-state index in [2.05, 4.69) is 31.0 Å². The molecule has 0 unspecified atom stereocenters. The van der Waals surface area contributed by atoms with Crippen LogP contribution in [0.1, 0.15) is 26.2 Å². The lowest BCUT2D eigenvalue weighted by Crippen LogP contribution is -2.60. The molecule has 0 atom stereocenters. The van der Waals surface area contributed by atoms with Gasteiger partial charge in [0.2, 0.25) is 10.0 Å². The molecule has 32 heavy (non-hydrogen) atoms. The number of piperazine rings is 1. The highest BCUT2D eigenvalue weighted by atomic mass is 32.2. The molecule has 1 aliphatic heterocycles. The number of hydrogen-bond acceptors (Lipinski definition) is 7. The Morgan fingerprint density at radius 3 is 2.75 bits per heavy atom. The zero-order chi connectivity index (χ0) is 22.3. The van der Waals surface area contributed by atoms with Crippen LogP contribution >= 0.6 is 0 Å². The van der Waals surface area contributed by atoms with Crippen molar-refractivity contribution in [3.05, 3.63) is 31.0 Å². The minimum atomic E-state index is -3.13. The molecule has 168 valence electrons. The highest BCUT2D eigenvalue weighted by Crippen LogP contribution is 2.45. The van der Waals surface area contributed by atoms with E-state index in [1.54, 1.807) is 17.4 Å². The van der Waals surface area contributed by atoms with E-state index < -0.39 is 10.0 Å². The molecule has 11 heteroatoms. The number of H-pyrrole nitrogens is 1. The van der Waals surface area contributed by atoms with E-state index in [4.69, 9.17) is 0 Å². The fourth-order valence-corrected chi connectivity index (χ4v) is 6.06. The molecule has 5 rings (SSSR count). The number of nitrogens with one attached hydrogen (secondary N) is 1. The molecule has 3 aromatic heterocycles. The van der Waals surface area contributed by atoms with Crippen molar-refractivity contribution in [2.75, 3.05) is 31.9 Å². The minimum absolute atomic E-state index is 0.144. The maximum absolute atomic E-state index is 12.1. The third kappa shape index (κ3) is 3.48. The summed E-state index contributed by atoms with van der Waals surface area (Å²) in [6.45, 7) is 4.20. The van der Waals surface area contributed by atoms with Gasteiger partial charge in [-0.05, 0) is 25.8 Å². The van der Waals surface area contributed by atoms with Gasteiger partial charge in [-0.2, -0.15) is 14.7 Å². The predicted molar refractivity (Wildman–Crippen MR) is 119 cm³/mol. The number of fused-ring (bicyclic) bond motifs is 1. The van der Waals surface area contributed by atoms with Crippen LogP contribution in [0.25, 0.3) is 22.3 Å². The molecule has 0 aromatic carbocycles. The molecule has 1 saturated carbocycles. The molecular weight excluding hydrogens is 428 g/mol. The topological polar surface area (TPSA) is 124 Å². The van der Waals surface area contributed by atoms with E-state index in [-0.39, 0.29) is 11.3 Å². The highest BCUT2D eigenvalue weighted by Gasteiger charge is 2.49. The van der Waals surface area contributed by atoms with Crippen LogP contribution < -0.4 is 0 Å². The molecular formula is C21H26N8O2S. The zero-order valence-corrected chi connectivity index (χ0v) is 18.8. The molecule has 1 aliphatic carbocycles. The van der Waals surface area contributed by atoms with Gasteiger partial charge >= 0.3 is 0 Å². The average Bonchev–Trinajstić information content (AvgIpc) is 3.46. The maximum Gasteiger partial charge on any atom is 0.213 e. The van der Waals surface area contributed by atoms with Crippen LogP contribution in [0.5, 0.6) is 0 Å². The van der Waals surface area contributed by atoms with E-state index in [1.807, 2.05) is 23.1 Å². The van der Waals surface area contributed by atoms with Crippen molar-refractivity contribution in [2.45, 2.75) is 37.8 Å². The number of rotatable bonds is 6. The first kappa shape index (κ1) is 21.1. The second kappa shape index (κ2) is 7.95. The predicted octanol–water partition coefficient (Wildman–Crippen LogP) is 1.56. The summed E-state index contributed by atoms with van der Waals surface area (Å²) in [6.07, 6.45) is 9.19. The summed E-state index contributed by atoms with van der Waals surface area (Å²) >= 11 is 0. The van der Waals surface area contributed by atoms with Crippen LogP contribution in [0.2, 0.25) is 0 Å². The van der Waals surface area contributed by atoms with Crippen LogP contribution in [-0.4, -0.2) is 80.3 Å². The molecule has 0 bridgehead atoms. The van der Waals surface area contributed by atoms with Crippen molar-refractivity contribution in [2.24, 2.45) is 0 Å². The van der Waals surface area contributed by atoms with Gasteiger partial charge in [-0.3, -0.25) is 9.58 Å². The van der Waals surface area contributed by atoms with Crippen molar-refractivity contribution < 1.29 is 8.42 Å². The summed E-state index contributed by atoms with van der Waals surface area (Å²) in [7, 11) is -3.13. The van der Waals surface area contributed by atoms with E-state index in [9.17, 15) is 13.7 Å². The molecule has 1 saturated heterocycles. The third-order valence-electron chi connectivity index (χ3n) is 6.88. The lowest BCUT2D eigenvalue weighted by molar-refractivity contribution is -0.00892. The Kier molecular flexibility index (Phi) is 5.23. The van der Waals surface area contributed by atoms with E-state index >= 15 is 0 Å². The molecule has 2 aliphatic rings. The highest BCUT2D eigenvalue weighted by molar-refractivity contribution is 7.89. The van der Waals surface area contributed by atoms with Crippen LogP contribution in [-0.2, 0) is 15.6 Å². The minimum Gasteiger partial charge on any atom is -0.346 e. The fourth-order valence-electron chi connectivity index (χ4n) is 4.97. The average molecular weight is 455 g/mol. The number of aromatic nitrogens is 5. The zero-order valence-electron chi connectivity index (χ0n) is 18.0. The molecule has 0 spiro atoms. The molecule has 4 heterocycles. The van der Waals surface area contributed by atoms with E-state index in [0.29, 0.717) is 25.6 Å². The van der Waals surface area contributed by atoms with Gasteiger partial charge in [0.05, 0.1) is 35.7 Å². The number of hydrogen-bond donors (Lipinski definition) is 1. The second-order valence-electron chi connectivity index (χ2n) is 8.59. The van der Waals surface area contributed by atoms with Gasteiger partial charge in [-0.15, -0.1) is 0 Å². The summed E-state index contributed by atoms with van der Waals surface area (Å²) in [5, 5.41) is 15.1. The third-order valence-corrected chi connectivity index (χ3v) is 8.76. The number of aromatic amines is 1. The molecule has 1 N–H and O–H groups in total. The fraction of sp³-hybridized carbons (Fsp3) is 0.524. The van der Waals surface area contributed by atoms with Crippen molar-refractivity contribution >= 4 is 21.1 Å². The first-order valence-corrected chi connectivity index (χ1v) is 12.5. The number of nitriles is 1. The number of nitrogens with zero attached hydrogens (tertiary/aromatic N) is 7. The molecule has 0 amide bonds. The largest absolute Gasteiger partial charge is 0.346 e. The smallest absolute Gasteiger partial charge is 0.213 e. The van der Waals surface area contributed by atoms with Crippen LogP contribution in [0, 0.1) is 11.3 Å². The van der Waals surface area contributed by atoms with Crippen molar-refractivity contribution in [3.63, 3.8) is 0 Å². The van der Waals surface area contributed by atoms with Crippen LogP contribution in [0.3, 0.4) is 0 Å². The van der Waals surface area contributed by atoms with Gasteiger partial charge in [-0.1, -0.05) is 0 Å². The van der Waals surface area contributed by atoms with E-state index in [0.717, 1.165) is 48.2 Å². The quantitative estimate of drug-likeness (QED) is 0.599. The Labute approximate surface area is 186 Å². The van der Waals surface area contributed by atoms with Crippen molar-refractivity contribution in [3.8, 4) is 17.3 Å². The Hall–Kier alpha value is -2.81. The molecule has 10 nitrogen and oxygen atoms in total. The lowest BCUT2D eigenvalue weighted by atomic mass is 9.70. The summed E-state index contributed by atoms with van der Waals surface area (Å²) in [5.74, 6) is 0.144. The van der Waals surface area contributed by atoms with Gasteiger partial charge in [-0.25, -0.2) is 18.4 Å². The van der Waals surface area contributed by atoms with E-state index in [1.165, 1.54) is 6.33 Å². The molecule has 0 radical (unpaired) electrons. The van der Waals surface area contributed by atoms with Gasteiger partial charge in [0.15, 0.2) is 0 Å². The monoisotopic (exact) mass is 454 g/mol. The second-order valence-corrected chi connectivity index (χ2v) is 10.9. The Bertz CT molecular complexity index is 1260. The van der Waals surface area contributed by atoms with Gasteiger partial charge in [0.25, 0.3) is 0 Å². The Morgan fingerprint density at radius 2 is 2.03 bits per heavy atom. The van der Waals surface area contributed by atoms with Crippen molar-refractivity contribution in [1.29, 1.82) is 5.26 Å². The van der Waals surface area contributed by atoms with Gasteiger partial charge in [0, 0.05) is 55.6 Å². The summed E-state index contributed by atoms with van der Waals surface area (Å²) in [4.78, 5) is 14.1. The summed E-state index contributed by atoms with van der Waals surface area (Å²) < 4.78 is 27.8. The normalized spacial score (nSPS) is 24.9. The standard InChI is InChI=1S/C21H26N8O2S/c1-2-32(30,31)28-9-7-27(8-10-28)17-11-21(12-17,4-5-22)29-14-16(13-26-29)19-18-3-6-23-20(18)25-15-24-19/h3,6,13-15,17H,2,4,7-12H2,1H3,(H,23,24,25)/t17-,21-. The Morgan fingerprint density at radius 1 is 1.25 bits per heavy atom. The number of sulfonamides is 1. The molecule has 2 fully saturated rings. The van der Waals surface area contributed by atoms with Crippen LogP contribution in [0.4, 0.5) is 0 Å². The summed E-state index contributed by atoms with van der Waals surface area (Å²) in [6, 6.07) is 4.62. The first-order valence-electron chi connectivity index (χ1n) is 10.9. The molecule has 3 aromatic rings. The first-order chi connectivity index (χ1) is 15.5. The maximum atomic E-state index is 12.1. The summed E-state index contributed by atoms with van der Waals surface area (Å²) in [5.41, 5.74) is 2.16. The Balaban J connectivity index is 1.31. The van der Waals surface area contributed by atoms with Crippen molar-refractivity contribution in [1.82, 2.24) is 33.9 Å².